The molecule has 0 radical (unpaired) electrons. The van der Waals surface area contributed by atoms with E-state index in [9.17, 15) is 49.8 Å². The number of carboxylic acid groups (broad SMARTS) is 2. The van der Waals surface area contributed by atoms with Crippen LogP contribution in [0.15, 0.2) is 73.3 Å². The van der Waals surface area contributed by atoms with E-state index in [0.717, 1.165) is 6.92 Å². The van der Waals surface area contributed by atoms with Crippen LogP contribution in [0.5, 0.6) is 0 Å². The van der Waals surface area contributed by atoms with Gasteiger partial charge in [-0.25, -0.2) is 0 Å². The number of hydrogen-bond donors (Lipinski definition) is 6. The summed E-state index contributed by atoms with van der Waals surface area (Å²) in [5.74, 6) is -5.09. The number of fused-ring (bicyclic) bond motifs is 2. The number of aliphatic hydroxyl groups is 4. The van der Waals surface area contributed by atoms with Crippen LogP contribution in [0.1, 0.15) is 79.1 Å². The molecule has 0 bridgehead atoms. The molecule has 0 saturated carbocycles. The van der Waals surface area contributed by atoms with Gasteiger partial charge in [0, 0.05) is 25.0 Å². The number of benzene rings is 2. The summed E-state index contributed by atoms with van der Waals surface area (Å²) in [4.78, 5) is 52.3. The van der Waals surface area contributed by atoms with E-state index in [2.05, 4.69) is 17.2 Å². The molecule has 2 amide bonds. The number of rotatable bonds is 17. The molecule has 444 valence electrons. The van der Waals surface area contributed by atoms with Gasteiger partial charge in [-0.3, -0.25) is 9.59 Å². The van der Waals surface area contributed by atoms with Crippen LogP contribution >= 0.6 is 0 Å². The standard InChI is InChI=1S/C54H76N2O23Si/c1-11-22-67-49-31(55-25(2)57)39(37-29(70-49)23-68-47(72-37)27-18-14-12-15-19-27)74-51-35(61)33(59)41(43(77-51)45(63)64)76-50-32(56-26(3)58)40(38-30(71-50)24-69-48(73-38)28-20-16-13-17-21-28)75-52-36(62)34(60)42(44(78-52)46(65)66)79-80(10,53(4,5)6)54(7,8)9/h11-21,29-44,47-52,59-62H,1,22-24H2,2-10H3,(H,55,57)(H,56,58)(H,63,64)(H,65,66)/p-2/t29?,30?,31?,32?,33-,34-,35?,36?,37+,38+,39-,40-,41+,42+,43?,44?,47?,48?,49-,50+,51-,52-/m1/s1. The van der Waals surface area contributed by atoms with Crippen LogP contribution in [0.2, 0.25) is 16.6 Å². The van der Waals surface area contributed by atoms with Crippen molar-refractivity contribution in [1.29, 1.82) is 0 Å². The maximum atomic E-state index is 13.3. The molecule has 6 saturated heterocycles. The SMILES string of the molecule is C=CCO[C@@H]1OC2COC(c3ccccc3)O[C@@H]2[C@H](O[C@@H]2OC(C(=O)[O-])[C@@H](O[C@@H]3OC4COC(c5ccccc5)O[C@@H]4[C@H](O[C@@H]4OC(C(=O)[O-])[C@@H](O[Si](C)(C(C)(C)C)C(C)(C)C)[C@H](O)C4O)C3NC(C)=O)[C@H](O)C2O)C1NC(C)=O. The average Bonchev–Trinajstić information content (AvgIpc) is 3.53. The minimum atomic E-state index is -3.10. The van der Waals surface area contributed by atoms with E-state index in [1.807, 2.05) is 48.1 Å². The molecule has 26 heteroatoms. The highest BCUT2D eigenvalue weighted by molar-refractivity contribution is 6.78. The van der Waals surface area contributed by atoms with Gasteiger partial charge in [-0.05, 0) is 16.6 Å². The Morgan fingerprint density at radius 3 is 1.41 bits per heavy atom. The van der Waals surface area contributed by atoms with Gasteiger partial charge in [-0.1, -0.05) is 108 Å². The number of hydrogen-bond acceptors (Lipinski definition) is 23. The zero-order valence-corrected chi connectivity index (χ0v) is 46.9. The van der Waals surface area contributed by atoms with Crippen molar-refractivity contribution in [2.45, 2.75) is 207 Å². The van der Waals surface area contributed by atoms with Gasteiger partial charge < -0.3 is 112 Å². The highest BCUT2D eigenvalue weighted by Gasteiger charge is 2.61. The molecule has 0 spiro atoms. The molecule has 6 heterocycles. The van der Waals surface area contributed by atoms with Gasteiger partial charge in [0.05, 0.1) is 31.8 Å². The molecule has 8 rings (SSSR count). The van der Waals surface area contributed by atoms with E-state index in [1.54, 1.807) is 60.7 Å². The summed E-state index contributed by atoms with van der Waals surface area (Å²) >= 11 is 0. The highest BCUT2D eigenvalue weighted by Crippen LogP contribution is 2.53. The molecule has 6 N–H and O–H groups in total. The Morgan fingerprint density at radius 2 is 1.00 bits per heavy atom. The molecule has 2 aromatic rings. The van der Waals surface area contributed by atoms with Crippen LogP contribution in [0.3, 0.4) is 0 Å². The van der Waals surface area contributed by atoms with Crippen LogP contribution in [0, 0.1) is 0 Å². The molecule has 22 atom stereocenters. The molecule has 6 fully saturated rings. The Kier molecular flexibility index (Phi) is 19.4. The predicted molar refractivity (Wildman–Crippen MR) is 271 cm³/mol. The zero-order valence-electron chi connectivity index (χ0n) is 45.9. The second-order valence-electron chi connectivity index (χ2n) is 22.9. The van der Waals surface area contributed by atoms with Crippen LogP contribution in [-0.4, -0.2) is 195 Å². The second kappa shape index (κ2) is 25.2. The lowest BCUT2D eigenvalue weighted by Crippen LogP contribution is -2.72. The highest BCUT2D eigenvalue weighted by atomic mass is 28.4. The Labute approximate surface area is 464 Å². The Bertz CT molecular complexity index is 2440. The third-order valence-corrected chi connectivity index (χ3v) is 22.1. The van der Waals surface area contributed by atoms with Gasteiger partial charge in [0.25, 0.3) is 0 Å². The first-order chi connectivity index (χ1) is 37.7. The van der Waals surface area contributed by atoms with Crippen LogP contribution in [0.25, 0.3) is 0 Å². The monoisotopic (exact) mass is 1150 g/mol. The van der Waals surface area contributed by atoms with E-state index in [-0.39, 0.29) is 19.8 Å². The van der Waals surface area contributed by atoms with Crippen molar-refractivity contribution in [3.8, 4) is 0 Å². The van der Waals surface area contributed by atoms with Gasteiger partial charge >= 0.3 is 0 Å². The van der Waals surface area contributed by atoms with Crippen molar-refractivity contribution in [2.75, 3.05) is 19.8 Å². The van der Waals surface area contributed by atoms with Crippen molar-refractivity contribution in [3.05, 3.63) is 84.4 Å². The fraction of sp³-hybridized carbons (Fsp3) is 0.667. The summed E-state index contributed by atoms with van der Waals surface area (Å²) in [5.41, 5.74) is 1.15. The van der Waals surface area contributed by atoms with Gasteiger partial charge in [0.2, 0.25) is 20.1 Å². The number of ether oxygens (including phenoxy) is 12. The van der Waals surface area contributed by atoms with E-state index in [4.69, 9.17) is 61.3 Å². The van der Waals surface area contributed by atoms with E-state index in [0.29, 0.717) is 11.1 Å². The maximum absolute atomic E-state index is 13.3. The molecule has 2 aromatic carbocycles. The Balaban J connectivity index is 1.10. The third-order valence-electron chi connectivity index (χ3n) is 15.6. The molecule has 0 aromatic heterocycles. The smallest absolute Gasteiger partial charge is 0.217 e. The minimum Gasteiger partial charge on any atom is -0.547 e. The van der Waals surface area contributed by atoms with Gasteiger partial charge in [0.1, 0.15) is 97.5 Å². The third kappa shape index (κ3) is 13.0. The average molecular weight is 1150 g/mol. The van der Waals surface area contributed by atoms with E-state index >= 15 is 0 Å². The fourth-order valence-corrected chi connectivity index (χ4v) is 14.8. The number of amides is 2. The molecule has 10 unspecified atom stereocenters. The number of aliphatic hydroxyl groups excluding tert-OH is 4. The Hall–Kier alpha value is -4.40. The zero-order chi connectivity index (χ0) is 58.2. The molecule has 6 aliphatic rings. The summed E-state index contributed by atoms with van der Waals surface area (Å²) in [6, 6.07) is 14.6. The lowest BCUT2D eigenvalue weighted by Gasteiger charge is -2.54. The topological polar surface area (TPSA) is 339 Å². The van der Waals surface area contributed by atoms with Gasteiger partial charge in [-0.2, -0.15) is 0 Å². The first kappa shape index (κ1) is 61.7. The van der Waals surface area contributed by atoms with Crippen molar-refractivity contribution >= 4 is 32.1 Å². The van der Waals surface area contributed by atoms with E-state index < -0.39 is 177 Å². The van der Waals surface area contributed by atoms with Crippen molar-refractivity contribution in [1.82, 2.24) is 10.6 Å². The van der Waals surface area contributed by atoms with Crippen molar-refractivity contribution < 1.29 is 111 Å². The van der Waals surface area contributed by atoms with Gasteiger partial charge in [0.15, 0.2) is 37.7 Å². The van der Waals surface area contributed by atoms with Crippen LogP contribution < -0.4 is 20.8 Å². The normalized spacial score (nSPS) is 38.7. The number of carboxylic acids is 2. The molecule has 6 aliphatic heterocycles. The summed E-state index contributed by atoms with van der Waals surface area (Å²) in [7, 11) is -3.10. The predicted octanol–water partition coefficient (Wildman–Crippen LogP) is -1.01. The first-order valence-electron chi connectivity index (χ1n) is 26.5. The lowest BCUT2D eigenvalue weighted by molar-refractivity contribution is -0.404. The molecule has 0 aliphatic carbocycles. The van der Waals surface area contributed by atoms with Crippen LogP contribution in [-0.2, 0) is 80.4 Å². The summed E-state index contributed by atoms with van der Waals surface area (Å²) < 4.78 is 81.2. The second-order valence-corrected chi connectivity index (χ2v) is 28.2. The molecule has 25 nitrogen and oxygen atoms in total. The summed E-state index contributed by atoms with van der Waals surface area (Å²) in [6.45, 7) is 19.1. The summed E-state index contributed by atoms with van der Waals surface area (Å²) in [6.07, 6.45) is -32.0. The summed E-state index contributed by atoms with van der Waals surface area (Å²) in [5, 5.41) is 78.4. The molecular weight excluding hydrogens is 1070 g/mol. The minimum absolute atomic E-state index is 0.0591. The van der Waals surface area contributed by atoms with Gasteiger partial charge in [-0.15, -0.1) is 6.58 Å². The molecule has 80 heavy (non-hydrogen) atoms. The fourth-order valence-electron chi connectivity index (χ4n) is 11.0. The van der Waals surface area contributed by atoms with Crippen molar-refractivity contribution in [2.24, 2.45) is 0 Å². The first-order valence-corrected chi connectivity index (χ1v) is 28.9. The Morgan fingerprint density at radius 1 is 0.600 bits per heavy atom. The van der Waals surface area contributed by atoms with E-state index in [1.165, 1.54) is 13.0 Å². The quantitative estimate of drug-likeness (QED) is 0.0816. The van der Waals surface area contributed by atoms with Crippen molar-refractivity contribution in [3.63, 3.8) is 0 Å². The number of carbonyl (C=O) groups excluding carboxylic acids is 4. The molecular formula is C54H74N2O23Si-2. The maximum Gasteiger partial charge on any atom is 0.217 e. The number of nitrogens with one attached hydrogen (secondary N) is 2. The number of carbonyl (C=O) groups is 4. The lowest BCUT2D eigenvalue weighted by atomic mass is 9.93. The van der Waals surface area contributed by atoms with Crippen LogP contribution in [0.4, 0.5) is 0 Å². The number of aliphatic carboxylic acids is 2. The largest absolute Gasteiger partial charge is 0.547 e.